The zero-order valence-electron chi connectivity index (χ0n) is 6.31. The zero-order chi connectivity index (χ0) is 7.56. The molecule has 10 heavy (non-hydrogen) atoms. The Morgan fingerprint density at radius 2 is 2.60 bits per heavy atom. The van der Waals surface area contributed by atoms with Gasteiger partial charge in [0.25, 0.3) is 0 Å². The molecule has 0 unspecified atom stereocenters. The fraction of sp³-hybridized carbons (Fsp3) is 0.625. The van der Waals surface area contributed by atoms with E-state index in [4.69, 9.17) is 0 Å². The number of hydrogen-bond acceptors (Lipinski definition) is 1. The fourth-order valence-corrected chi connectivity index (χ4v) is 1.26. The van der Waals surface area contributed by atoms with Crippen LogP contribution in [0.4, 0.5) is 0 Å². The average molecular weight is 139 g/mol. The molecule has 56 valence electrons. The molecule has 0 saturated carbocycles. The second kappa shape index (κ2) is 2.86. The minimum absolute atomic E-state index is 0.197. The van der Waals surface area contributed by atoms with Gasteiger partial charge in [-0.1, -0.05) is 5.57 Å². The highest BCUT2D eigenvalue weighted by molar-refractivity contribution is 5.80. The number of rotatable bonds is 2. The SMILES string of the molecule is C=C(C)C[C@H]1CCNC1=O. The van der Waals surface area contributed by atoms with E-state index in [0.29, 0.717) is 0 Å². The Balaban J connectivity index is 2.40. The third-order valence-corrected chi connectivity index (χ3v) is 1.76. The van der Waals surface area contributed by atoms with Gasteiger partial charge >= 0.3 is 0 Å². The lowest BCUT2D eigenvalue weighted by atomic mass is 10.0. The lowest BCUT2D eigenvalue weighted by molar-refractivity contribution is -0.122. The summed E-state index contributed by atoms with van der Waals surface area (Å²) in [6.07, 6.45) is 1.83. The van der Waals surface area contributed by atoms with Crippen molar-refractivity contribution >= 4 is 5.91 Å². The van der Waals surface area contributed by atoms with Crippen molar-refractivity contribution in [2.24, 2.45) is 5.92 Å². The Labute approximate surface area is 61.3 Å². The van der Waals surface area contributed by atoms with Crippen LogP contribution in [0.5, 0.6) is 0 Å². The van der Waals surface area contributed by atoms with Gasteiger partial charge in [-0.15, -0.1) is 6.58 Å². The summed E-state index contributed by atoms with van der Waals surface area (Å²) in [7, 11) is 0. The summed E-state index contributed by atoms with van der Waals surface area (Å²) < 4.78 is 0. The van der Waals surface area contributed by atoms with Gasteiger partial charge in [-0.05, 0) is 19.8 Å². The van der Waals surface area contributed by atoms with Crippen molar-refractivity contribution < 1.29 is 4.79 Å². The molecule has 0 spiro atoms. The van der Waals surface area contributed by atoms with Gasteiger partial charge in [0.2, 0.25) is 5.91 Å². The summed E-state index contributed by atoms with van der Waals surface area (Å²) in [5.74, 6) is 0.403. The van der Waals surface area contributed by atoms with E-state index in [9.17, 15) is 4.79 Å². The number of hydrogen-bond donors (Lipinski definition) is 1. The van der Waals surface area contributed by atoms with E-state index in [1.807, 2.05) is 6.92 Å². The van der Waals surface area contributed by atoms with Crippen LogP contribution in [0.3, 0.4) is 0 Å². The second-order valence-corrected chi connectivity index (χ2v) is 2.94. The number of carbonyl (C=O) groups excluding carboxylic acids is 1. The summed E-state index contributed by atoms with van der Waals surface area (Å²) in [6, 6.07) is 0. The Bertz CT molecular complexity index is 163. The third-order valence-electron chi connectivity index (χ3n) is 1.76. The van der Waals surface area contributed by atoms with Crippen molar-refractivity contribution in [1.29, 1.82) is 0 Å². The second-order valence-electron chi connectivity index (χ2n) is 2.94. The van der Waals surface area contributed by atoms with Crippen LogP contribution in [0.2, 0.25) is 0 Å². The average Bonchev–Trinajstić information content (AvgIpc) is 2.15. The molecule has 1 atom stereocenters. The van der Waals surface area contributed by atoms with E-state index in [2.05, 4.69) is 11.9 Å². The maximum atomic E-state index is 11.0. The smallest absolute Gasteiger partial charge is 0.223 e. The number of allylic oxidation sites excluding steroid dienone is 1. The highest BCUT2D eigenvalue weighted by atomic mass is 16.2. The van der Waals surface area contributed by atoms with Gasteiger partial charge in [-0.3, -0.25) is 4.79 Å². The highest BCUT2D eigenvalue weighted by Gasteiger charge is 2.23. The van der Waals surface area contributed by atoms with E-state index >= 15 is 0 Å². The van der Waals surface area contributed by atoms with E-state index in [0.717, 1.165) is 25.0 Å². The predicted molar refractivity (Wildman–Crippen MR) is 40.5 cm³/mol. The minimum Gasteiger partial charge on any atom is -0.356 e. The molecule has 1 amide bonds. The molecule has 0 bridgehead atoms. The first kappa shape index (κ1) is 7.32. The van der Waals surface area contributed by atoms with Crippen LogP contribution in [0.1, 0.15) is 19.8 Å². The molecule has 0 aromatic rings. The molecular formula is C8H13NO. The van der Waals surface area contributed by atoms with Crippen molar-refractivity contribution in [2.75, 3.05) is 6.54 Å². The molecule has 0 aromatic heterocycles. The highest BCUT2D eigenvalue weighted by Crippen LogP contribution is 2.17. The molecule has 2 heteroatoms. The molecule has 1 N–H and O–H groups in total. The van der Waals surface area contributed by atoms with Gasteiger partial charge in [0.15, 0.2) is 0 Å². The number of carbonyl (C=O) groups is 1. The normalized spacial score (nSPS) is 24.5. The number of nitrogens with one attached hydrogen (secondary N) is 1. The molecule has 1 rings (SSSR count). The monoisotopic (exact) mass is 139 g/mol. The van der Waals surface area contributed by atoms with E-state index in [-0.39, 0.29) is 11.8 Å². The van der Waals surface area contributed by atoms with Gasteiger partial charge in [-0.25, -0.2) is 0 Å². The Morgan fingerprint density at radius 1 is 1.90 bits per heavy atom. The van der Waals surface area contributed by atoms with Gasteiger partial charge in [0, 0.05) is 12.5 Å². The molecular weight excluding hydrogens is 126 g/mol. The van der Waals surface area contributed by atoms with Gasteiger partial charge in [-0.2, -0.15) is 0 Å². The van der Waals surface area contributed by atoms with Crippen molar-refractivity contribution in [3.05, 3.63) is 12.2 Å². The van der Waals surface area contributed by atoms with Crippen LogP contribution in [0, 0.1) is 5.92 Å². The lowest BCUT2D eigenvalue weighted by Gasteiger charge is -2.03. The van der Waals surface area contributed by atoms with Crippen molar-refractivity contribution in [1.82, 2.24) is 5.32 Å². The van der Waals surface area contributed by atoms with E-state index < -0.39 is 0 Å². The summed E-state index contributed by atoms with van der Waals surface area (Å²) in [4.78, 5) is 11.0. The Morgan fingerprint density at radius 3 is 3.00 bits per heavy atom. The summed E-state index contributed by atoms with van der Waals surface area (Å²) in [5, 5.41) is 2.79. The summed E-state index contributed by atoms with van der Waals surface area (Å²) >= 11 is 0. The largest absolute Gasteiger partial charge is 0.356 e. The van der Waals surface area contributed by atoms with Crippen molar-refractivity contribution in [3.63, 3.8) is 0 Å². The first-order chi connectivity index (χ1) is 4.70. The molecule has 1 fully saturated rings. The predicted octanol–water partition coefficient (Wildman–Crippen LogP) is 1.09. The maximum absolute atomic E-state index is 11.0. The van der Waals surface area contributed by atoms with Crippen LogP contribution in [0.25, 0.3) is 0 Å². The van der Waals surface area contributed by atoms with Crippen molar-refractivity contribution in [3.8, 4) is 0 Å². The summed E-state index contributed by atoms with van der Waals surface area (Å²) in [6.45, 7) is 6.58. The van der Waals surface area contributed by atoms with Crippen LogP contribution in [-0.2, 0) is 4.79 Å². The van der Waals surface area contributed by atoms with Crippen LogP contribution in [-0.4, -0.2) is 12.5 Å². The molecule has 1 heterocycles. The maximum Gasteiger partial charge on any atom is 0.223 e. The molecule has 0 aromatic carbocycles. The van der Waals surface area contributed by atoms with E-state index in [1.165, 1.54) is 0 Å². The van der Waals surface area contributed by atoms with Crippen LogP contribution >= 0.6 is 0 Å². The number of amides is 1. The molecule has 1 aliphatic heterocycles. The zero-order valence-corrected chi connectivity index (χ0v) is 6.31. The molecule has 2 nitrogen and oxygen atoms in total. The third kappa shape index (κ3) is 1.59. The van der Waals surface area contributed by atoms with E-state index in [1.54, 1.807) is 0 Å². The van der Waals surface area contributed by atoms with Crippen LogP contribution < -0.4 is 5.32 Å². The van der Waals surface area contributed by atoms with Gasteiger partial charge in [0.1, 0.15) is 0 Å². The topological polar surface area (TPSA) is 29.1 Å². The first-order valence-electron chi connectivity index (χ1n) is 3.62. The van der Waals surface area contributed by atoms with Gasteiger partial charge in [0.05, 0.1) is 0 Å². The Hall–Kier alpha value is -0.790. The standard InChI is InChI=1S/C8H13NO/c1-6(2)5-7-3-4-9-8(7)10/h7H,1,3-5H2,2H3,(H,9,10)/t7-/m1/s1. The van der Waals surface area contributed by atoms with Crippen LogP contribution in [0.15, 0.2) is 12.2 Å². The Kier molecular flexibility index (Phi) is 2.10. The molecule has 0 aliphatic carbocycles. The van der Waals surface area contributed by atoms with Crippen molar-refractivity contribution in [2.45, 2.75) is 19.8 Å². The minimum atomic E-state index is 0.197. The van der Waals surface area contributed by atoms with Gasteiger partial charge < -0.3 is 5.32 Å². The fourth-order valence-electron chi connectivity index (χ4n) is 1.26. The quantitative estimate of drug-likeness (QED) is 0.570. The molecule has 0 radical (unpaired) electrons. The first-order valence-corrected chi connectivity index (χ1v) is 3.62. The molecule has 1 saturated heterocycles. The molecule has 1 aliphatic rings. The lowest BCUT2D eigenvalue weighted by Crippen LogP contribution is -2.18. The summed E-state index contributed by atoms with van der Waals surface area (Å²) in [5.41, 5.74) is 1.10.